The quantitative estimate of drug-likeness (QED) is 0.386. The van der Waals surface area contributed by atoms with Gasteiger partial charge in [-0.3, -0.25) is 4.79 Å². The molecule has 0 amide bonds. The summed E-state index contributed by atoms with van der Waals surface area (Å²) >= 11 is 0. The van der Waals surface area contributed by atoms with Gasteiger partial charge in [-0.15, -0.1) is 0 Å². The normalized spacial score (nSPS) is 16.2. The van der Waals surface area contributed by atoms with Crippen molar-refractivity contribution >= 4 is 17.9 Å². The van der Waals surface area contributed by atoms with Gasteiger partial charge in [-0.1, -0.05) is 65.0 Å². The highest BCUT2D eigenvalue weighted by atomic mass is 19.1. The van der Waals surface area contributed by atoms with Crippen LogP contribution >= 0.6 is 0 Å². The lowest BCUT2D eigenvalue weighted by Gasteiger charge is -2.37. The maximum absolute atomic E-state index is 14.9. The Morgan fingerprint density at radius 1 is 1.16 bits per heavy atom. The van der Waals surface area contributed by atoms with Crippen LogP contribution < -0.4 is 10.6 Å². The van der Waals surface area contributed by atoms with E-state index >= 15 is 0 Å². The van der Waals surface area contributed by atoms with Gasteiger partial charge < -0.3 is 9.47 Å². The first-order chi connectivity index (χ1) is 17.7. The maximum Gasteiger partial charge on any atom is 0.159 e. The number of nitrogens with zero attached hydrogens (tertiary/aromatic N) is 2. The minimum absolute atomic E-state index is 0.107. The average molecular weight is 507 g/mol. The lowest BCUT2D eigenvalue weighted by atomic mass is 9.88. The van der Waals surface area contributed by atoms with E-state index in [0.29, 0.717) is 28.9 Å². The number of piperidine rings is 1. The van der Waals surface area contributed by atoms with E-state index in [1.54, 1.807) is 12.1 Å². The van der Waals surface area contributed by atoms with Crippen molar-refractivity contribution in [3.05, 3.63) is 69.1 Å². The molecule has 0 unspecified atom stereocenters. The number of rotatable bonds is 8. The molecule has 0 bridgehead atoms. The molecule has 0 radical (unpaired) electrons. The summed E-state index contributed by atoms with van der Waals surface area (Å²) in [5.74, 6) is 0.257. The third-order valence-electron chi connectivity index (χ3n) is 8.17. The van der Waals surface area contributed by atoms with Crippen molar-refractivity contribution in [1.29, 1.82) is 0 Å². The Labute approximate surface area is 223 Å². The Bertz CT molecular complexity index is 1230. The van der Waals surface area contributed by atoms with Gasteiger partial charge in [0, 0.05) is 36.1 Å². The van der Waals surface area contributed by atoms with Gasteiger partial charge in [-0.05, 0) is 92.4 Å². The molecule has 0 saturated carbocycles. The molecule has 4 heteroatoms. The van der Waals surface area contributed by atoms with Crippen molar-refractivity contribution in [3.8, 4) is 0 Å². The Morgan fingerprint density at radius 2 is 1.86 bits per heavy atom. The van der Waals surface area contributed by atoms with Crippen LogP contribution in [0.1, 0.15) is 94.4 Å². The van der Waals surface area contributed by atoms with Crippen molar-refractivity contribution in [1.82, 2.24) is 9.47 Å². The number of likely N-dealkylation sites (tertiary alicyclic amines) is 1. The second-order valence-electron chi connectivity index (χ2n) is 11.3. The Balaban J connectivity index is 0.00000186. The van der Waals surface area contributed by atoms with Crippen LogP contribution in [-0.2, 0) is 13.0 Å². The van der Waals surface area contributed by atoms with Crippen LogP contribution in [0.25, 0.3) is 12.2 Å². The van der Waals surface area contributed by atoms with E-state index in [1.807, 2.05) is 13.8 Å². The first-order valence-electron chi connectivity index (χ1n) is 14.2. The second kappa shape index (κ2) is 12.9. The van der Waals surface area contributed by atoms with Crippen LogP contribution in [0.3, 0.4) is 0 Å². The van der Waals surface area contributed by atoms with Gasteiger partial charge >= 0.3 is 0 Å². The molecule has 1 saturated heterocycles. The summed E-state index contributed by atoms with van der Waals surface area (Å²) in [5, 5.41) is 2.49. The number of aromatic nitrogens is 1. The van der Waals surface area contributed by atoms with Gasteiger partial charge in [0.2, 0.25) is 0 Å². The largest absolute Gasteiger partial charge is 0.344 e. The molecule has 1 aromatic carbocycles. The number of carbonyl (C=O) groups is 1. The zero-order chi connectivity index (χ0) is 27.2. The van der Waals surface area contributed by atoms with E-state index in [0.717, 1.165) is 13.0 Å². The van der Waals surface area contributed by atoms with Crippen molar-refractivity contribution in [3.63, 3.8) is 0 Å². The minimum atomic E-state index is -0.295. The highest BCUT2D eigenvalue weighted by Gasteiger charge is 2.26. The van der Waals surface area contributed by atoms with Crippen LogP contribution in [0.4, 0.5) is 4.39 Å². The fourth-order valence-corrected chi connectivity index (χ4v) is 5.53. The number of fused-ring (bicyclic) bond motifs is 1. The van der Waals surface area contributed by atoms with Crippen LogP contribution in [0.15, 0.2) is 30.4 Å². The zero-order valence-corrected chi connectivity index (χ0v) is 24.2. The van der Waals surface area contributed by atoms with E-state index in [2.05, 4.69) is 61.5 Å². The predicted octanol–water partition coefficient (Wildman–Crippen LogP) is 6.42. The minimum Gasteiger partial charge on any atom is -0.344 e. The number of halogens is 1. The molecular formula is C33H47FN2O. The van der Waals surface area contributed by atoms with Gasteiger partial charge in [0.05, 0.1) is 0 Å². The molecule has 1 aliphatic heterocycles. The van der Waals surface area contributed by atoms with Crippen molar-refractivity contribution in [2.75, 3.05) is 19.6 Å². The molecule has 2 aliphatic rings. The zero-order valence-electron chi connectivity index (χ0n) is 24.2. The van der Waals surface area contributed by atoms with Gasteiger partial charge in [0.15, 0.2) is 5.78 Å². The first kappa shape index (κ1) is 29.1. The summed E-state index contributed by atoms with van der Waals surface area (Å²) in [4.78, 5) is 14.3. The number of hydrogen-bond acceptors (Lipinski definition) is 2. The molecule has 202 valence electrons. The fourth-order valence-electron chi connectivity index (χ4n) is 5.53. The number of allylic oxidation sites excluding steroid dienone is 2. The Kier molecular flexibility index (Phi) is 10.1. The van der Waals surface area contributed by atoms with Crippen molar-refractivity contribution in [2.45, 2.75) is 87.1 Å². The van der Waals surface area contributed by atoms with Crippen molar-refractivity contribution < 1.29 is 9.18 Å². The molecule has 1 fully saturated rings. The number of benzene rings is 1. The fraction of sp³-hybridized carbons (Fsp3) is 0.545. The van der Waals surface area contributed by atoms with Gasteiger partial charge in [0.1, 0.15) is 5.82 Å². The predicted molar refractivity (Wildman–Crippen MR) is 155 cm³/mol. The molecule has 37 heavy (non-hydrogen) atoms. The second-order valence-corrected chi connectivity index (χ2v) is 11.3. The lowest BCUT2D eigenvalue weighted by molar-refractivity contribution is 0.101. The van der Waals surface area contributed by atoms with E-state index in [1.165, 1.54) is 73.7 Å². The van der Waals surface area contributed by atoms with E-state index in [9.17, 15) is 9.18 Å². The molecule has 0 atom stereocenters. The topological polar surface area (TPSA) is 25.2 Å². The molecule has 4 rings (SSSR count). The summed E-state index contributed by atoms with van der Waals surface area (Å²) in [6.07, 6.45) is 13.9. The van der Waals surface area contributed by atoms with Gasteiger partial charge in [-0.2, -0.15) is 0 Å². The number of carbonyl (C=O) groups excluding carboxylic acids is 1. The highest BCUT2D eigenvalue weighted by Crippen LogP contribution is 2.26. The number of Topliss-reactive ketones (excluding diaryl/α,β-unsaturated/α-hetero) is 1. The average Bonchev–Trinajstić information content (AvgIpc) is 3.02. The molecule has 2 aromatic rings. The van der Waals surface area contributed by atoms with E-state index in [4.69, 9.17) is 0 Å². The summed E-state index contributed by atoms with van der Waals surface area (Å²) in [6, 6.07) is 4.91. The molecule has 0 spiro atoms. The summed E-state index contributed by atoms with van der Waals surface area (Å²) < 4.78 is 17.4. The summed E-state index contributed by atoms with van der Waals surface area (Å²) in [7, 11) is 0. The monoisotopic (exact) mass is 506 g/mol. The third-order valence-corrected chi connectivity index (χ3v) is 8.17. The highest BCUT2D eigenvalue weighted by molar-refractivity contribution is 5.94. The van der Waals surface area contributed by atoms with E-state index in [-0.39, 0.29) is 11.6 Å². The van der Waals surface area contributed by atoms with E-state index < -0.39 is 0 Å². The van der Waals surface area contributed by atoms with Crippen LogP contribution in [-0.4, -0.2) is 34.9 Å². The van der Waals surface area contributed by atoms with Gasteiger partial charge in [-0.25, -0.2) is 4.39 Å². The van der Waals surface area contributed by atoms with Crippen molar-refractivity contribution in [2.24, 2.45) is 11.3 Å². The Hall–Kier alpha value is -2.46. The summed E-state index contributed by atoms with van der Waals surface area (Å²) in [5.41, 5.74) is 3.90. The smallest absolute Gasteiger partial charge is 0.159 e. The molecule has 2 heterocycles. The van der Waals surface area contributed by atoms with Crippen LogP contribution in [0, 0.1) is 24.1 Å². The third kappa shape index (κ3) is 7.10. The molecule has 1 aromatic heterocycles. The van der Waals surface area contributed by atoms with Crippen LogP contribution in [0.2, 0.25) is 0 Å². The molecule has 1 aliphatic carbocycles. The number of ketones is 1. The van der Waals surface area contributed by atoms with Gasteiger partial charge in [0.25, 0.3) is 0 Å². The maximum atomic E-state index is 14.9. The molecule has 0 N–H and O–H groups in total. The SMILES string of the molecule is CC.CCC(C)(C)CN1CCC(Cn2c(C)c(Cc3ccc(C(C)=O)cc3F)c3c2=CC=CCC=3)CC1. The molecular weight excluding hydrogens is 459 g/mol. The Morgan fingerprint density at radius 3 is 2.49 bits per heavy atom. The lowest BCUT2D eigenvalue weighted by Crippen LogP contribution is -2.41. The standard InChI is InChI=1S/C31H41FN2O.C2H6/c1-6-31(4,5)21-33-16-14-24(15-17-33)20-34-22(2)28(27-10-8-7-9-11-30(27)34)18-26-13-12-25(23(3)35)19-29(26)32;1-2/h7,9-13,19,24H,6,8,14-18,20-21H2,1-5H3;1-2H3. The molecule has 3 nitrogen and oxygen atoms in total. The number of hydrogen-bond donors (Lipinski definition) is 0. The summed E-state index contributed by atoms with van der Waals surface area (Å²) in [6.45, 7) is 19.2. The van der Waals surface area contributed by atoms with Crippen LogP contribution in [0.5, 0.6) is 0 Å². The first-order valence-corrected chi connectivity index (χ1v) is 14.2.